The Labute approximate surface area is 155 Å². The van der Waals surface area contributed by atoms with Gasteiger partial charge in [0.1, 0.15) is 24.1 Å². The highest BCUT2D eigenvalue weighted by Crippen LogP contribution is 2.37. The number of carbonyl (C=O) groups is 1. The van der Waals surface area contributed by atoms with Gasteiger partial charge in [0, 0.05) is 12.7 Å². The van der Waals surface area contributed by atoms with E-state index in [1.807, 2.05) is 0 Å². The van der Waals surface area contributed by atoms with Crippen LogP contribution in [0.25, 0.3) is 0 Å². The van der Waals surface area contributed by atoms with Crippen molar-refractivity contribution in [2.45, 2.75) is 37.1 Å². The van der Waals surface area contributed by atoms with Gasteiger partial charge in [0.05, 0.1) is 12.3 Å². The van der Waals surface area contributed by atoms with E-state index >= 15 is 0 Å². The number of anilines is 1. The van der Waals surface area contributed by atoms with Crippen molar-refractivity contribution < 1.29 is 43.9 Å². The minimum Gasteiger partial charge on any atom is -0.462 e. The summed E-state index contributed by atoms with van der Waals surface area (Å²) in [4.78, 5) is 29.2. The summed E-state index contributed by atoms with van der Waals surface area (Å²) in [5, 5.41) is 34.9. The number of aliphatic hydroxyl groups excluding tert-OH is 3. The first kappa shape index (κ1) is 21.6. The predicted molar refractivity (Wildman–Crippen MR) is 93.4 cm³/mol. The molecule has 0 bridgehead atoms. The van der Waals surface area contributed by atoms with Crippen LogP contribution < -0.4 is 15.4 Å². The van der Waals surface area contributed by atoms with Crippen molar-refractivity contribution in [2.24, 2.45) is 0 Å². The first-order chi connectivity index (χ1) is 12.6. The van der Waals surface area contributed by atoms with Crippen molar-refractivity contribution in [1.82, 2.24) is 5.32 Å². The van der Waals surface area contributed by atoms with Gasteiger partial charge in [-0.1, -0.05) is 0 Å². The van der Waals surface area contributed by atoms with Crippen LogP contribution >= 0.6 is 7.60 Å². The van der Waals surface area contributed by atoms with Crippen LogP contribution in [0.3, 0.4) is 0 Å². The van der Waals surface area contributed by atoms with E-state index in [0.717, 1.165) is 0 Å². The third-order valence-corrected chi connectivity index (χ3v) is 4.81. The van der Waals surface area contributed by atoms with Gasteiger partial charge in [0.25, 0.3) is 0 Å². The molecule has 0 aliphatic carbocycles. The fraction of sp³-hybridized carbons (Fsp3) is 0.533. The van der Waals surface area contributed by atoms with Gasteiger partial charge in [-0.15, -0.1) is 0 Å². The fourth-order valence-corrected chi connectivity index (χ4v) is 3.08. The topological polar surface area (TPSA) is 178 Å². The summed E-state index contributed by atoms with van der Waals surface area (Å²) in [6, 6.07) is 5.65. The molecule has 1 aliphatic heterocycles. The molecule has 0 aromatic heterocycles. The quantitative estimate of drug-likeness (QED) is 0.298. The van der Waals surface area contributed by atoms with Gasteiger partial charge in [-0.05, 0) is 30.7 Å². The van der Waals surface area contributed by atoms with Crippen LogP contribution in [-0.2, 0) is 9.30 Å². The molecule has 1 aliphatic rings. The summed E-state index contributed by atoms with van der Waals surface area (Å²) < 4.78 is 21.9. The average molecular weight is 406 g/mol. The molecule has 2 rings (SSSR count). The van der Waals surface area contributed by atoms with Crippen molar-refractivity contribution in [1.29, 1.82) is 0 Å². The monoisotopic (exact) mass is 406 g/mol. The van der Waals surface area contributed by atoms with Gasteiger partial charge in [0.2, 0.25) is 6.29 Å². The maximum atomic E-state index is 11.2. The van der Waals surface area contributed by atoms with Gasteiger partial charge in [-0.2, -0.15) is 0 Å². The first-order valence-electron chi connectivity index (χ1n) is 8.10. The molecule has 5 atom stereocenters. The largest absolute Gasteiger partial charge is 0.462 e. The van der Waals surface area contributed by atoms with Crippen molar-refractivity contribution in [3.63, 3.8) is 0 Å². The van der Waals surface area contributed by atoms with Gasteiger partial charge in [-0.3, -0.25) is 4.57 Å². The maximum Gasteiger partial charge on any atom is 0.325 e. The van der Waals surface area contributed by atoms with Crippen LogP contribution in [-0.4, -0.2) is 75.1 Å². The zero-order valence-corrected chi connectivity index (χ0v) is 15.3. The van der Waals surface area contributed by atoms with Gasteiger partial charge in [-0.25, -0.2) is 4.79 Å². The standard InChI is InChI=1S/C15H23N2O9P/c1-16-15(21)17-8-2-4-9(5-3-8)25-14-13(20)12(19)11(18)10(26-14)6-7-27(22,23)24/h2-5,10-14,18-20H,6-7H2,1H3,(H2,16,17,21)(H2,22,23,24)/t10-,11-,12+,13+,14-/m1/s1. The Kier molecular flexibility index (Phi) is 7.18. The molecule has 1 heterocycles. The van der Waals surface area contributed by atoms with Crippen molar-refractivity contribution >= 4 is 19.3 Å². The second-order valence-corrected chi connectivity index (χ2v) is 7.81. The number of carbonyl (C=O) groups excluding carboxylic acids is 1. The third-order valence-electron chi connectivity index (χ3n) is 3.96. The van der Waals surface area contributed by atoms with Crippen molar-refractivity contribution in [3.05, 3.63) is 24.3 Å². The van der Waals surface area contributed by atoms with E-state index in [4.69, 9.17) is 19.3 Å². The maximum absolute atomic E-state index is 11.2. The van der Waals surface area contributed by atoms with E-state index in [9.17, 15) is 24.7 Å². The summed E-state index contributed by atoms with van der Waals surface area (Å²) in [5.41, 5.74) is 0.488. The fourth-order valence-electron chi connectivity index (χ4n) is 2.49. The molecule has 1 fully saturated rings. The van der Waals surface area contributed by atoms with Gasteiger partial charge in [0.15, 0.2) is 0 Å². The zero-order chi connectivity index (χ0) is 20.2. The van der Waals surface area contributed by atoms with Crippen molar-refractivity contribution in [3.8, 4) is 5.75 Å². The minimum absolute atomic E-state index is 0.232. The molecule has 0 radical (unpaired) electrons. The van der Waals surface area contributed by atoms with E-state index in [2.05, 4.69) is 10.6 Å². The summed E-state index contributed by atoms with van der Waals surface area (Å²) in [7, 11) is -2.85. The molecule has 11 nitrogen and oxygen atoms in total. The number of benzene rings is 1. The lowest BCUT2D eigenvalue weighted by atomic mass is 9.97. The molecule has 12 heteroatoms. The second kappa shape index (κ2) is 8.98. The Hall–Kier alpha value is -1.72. The smallest absolute Gasteiger partial charge is 0.325 e. The van der Waals surface area contributed by atoms with Crippen LogP contribution in [0.5, 0.6) is 5.75 Å². The predicted octanol–water partition coefficient (Wildman–Crippen LogP) is -0.808. The Morgan fingerprint density at radius 2 is 1.78 bits per heavy atom. The molecule has 1 aromatic carbocycles. The first-order valence-corrected chi connectivity index (χ1v) is 9.90. The lowest BCUT2D eigenvalue weighted by Gasteiger charge is -2.40. The van der Waals surface area contributed by atoms with Gasteiger partial charge >= 0.3 is 13.6 Å². The molecular weight excluding hydrogens is 383 g/mol. The van der Waals surface area contributed by atoms with Crippen LogP contribution in [0.2, 0.25) is 0 Å². The van der Waals surface area contributed by atoms with Crippen LogP contribution in [0.15, 0.2) is 24.3 Å². The summed E-state index contributed by atoms with van der Waals surface area (Å²) in [6.07, 6.45) is -7.98. The van der Waals surface area contributed by atoms with Crippen LogP contribution in [0.1, 0.15) is 6.42 Å². The lowest BCUT2D eigenvalue weighted by molar-refractivity contribution is -0.272. The highest BCUT2D eigenvalue weighted by Gasteiger charge is 2.45. The lowest BCUT2D eigenvalue weighted by Crippen LogP contribution is -2.59. The highest BCUT2D eigenvalue weighted by molar-refractivity contribution is 7.51. The molecule has 0 unspecified atom stereocenters. The van der Waals surface area contributed by atoms with Gasteiger partial charge < -0.3 is 45.2 Å². The Bertz CT molecular complexity index is 680. The zero-order valence-electron chi connectivity index (χ0n) is 14.4. The van der Waals surface area contributed by atoms with E-state index < -0.39 is 50.5 Å². The number of hydrogen-bond acceptors (Lipinski definition) is 7. The number of rotatable bonds is 6. The number of ether oxygens (including phenoxy) is 2. The number of amides is 2. The van der Waals surface area contributed by atoms with Crippen LogP contribution in [0.4, 0.5) is 10.5 Å². The summed E-state index contributed by atoms with van der Waals surface area (Å²) >= 11 is 0. The molecule has 0 saturated carbocycles. The number of nitrogens with one attached hydrogen (secondary N) is 2. The van der Waals surface area contributed by atoms with E-state index in [1.54, 1.807) is 0 Å². The summed E-state index contributed by atoms with van der Waals surface area (Å²) in [6.45, 7) is 0. The Morgan fingerprint density at radius 3 is 2.33 bits per heavy atom. The van der Waals surface area contributed by atoms with Crippen molar-refractivity contribution in [2.75, 3.05) is 18.5 Å². The van der Waals surface area contributed by atoms with E-state index in [1.165, 1.54) is 31.3 Å². The normalized spacial score (nSPS) is 28.4. The molecule has 1 saturated heterocycles. The van der Waals surface area contributed by atoms with E-state index in [0.29, 0.717) is 5.69 Å². The molecule has 2 amide bonds. The number of aliphatic hydroxyl groups is 3. The molecule has 7 N–H and O–H groups in total. The SMILES string of the molecule is CNC(=O)Nc1ccc(O[C@@H]2O[C@H](CCP(=O)(O)O)[C@@H](O)[C@H](O)[C@@H]2O)cc1. The summed E-state index contributed by atoms with van der Waals surface area (Å²) in [5.74, 6) is 0.249. The minimum atomic E-state index is -4.32. The highest BCUT2D eigenvalue weighted by atomic mass is 31.2. The Morgan fingerprint density at radius 1 is 1.15 bits per heavy atom. The molecule has 0 spiro atoms. The van der Waals surface area contributed by atoms with Crippen LogP contribution in [0, 0.1) is 0 Å². The Balaban J connectivity index is 2.03. The third kappa shape index (κ3) is 6.15. The molecule has 27 heavy (non-hydrogen) atoms. The van der Waals surface area contributed by atoms with E-state index in [-0.39, 0.29) is 12.2 Å². The second-order valence-electron chi connectivity index (χ2n) is 6.04. The number of urea groups is 1. The number of hydrogen-bond donors (Lipinski definition) is 7. The average Bonchev–Trinajstić information content (AvgIpc) is 2.61. The molecular formula is C15H23N2O9P. The molecule has 1 aromatic rings. The molecule has 152 valence electrons.